The molecule has 1 amide bonds. The topological polar surface area (TPSA) is 80.2 Å². The molecule has 1 aliphatic heterocycles. The predicted molar refractivity (Wildman–Crippen MR) is 103 cm³/mol. The molecule has 8 heteroatoms. The molecule has 1 aliphatic rings. The highest BCUT2D eigenvalue weighted by Crippen LogP contribution is 2.36. The third-order valence-corrected chi connectivity index (χ3v) is 4.70. The fraction of sp³-hybridized carbons (Fsp3) is 0.111. The largest absolute Gasteiger partial charge is 0.504 e. The Morgan fingerprint density at radius 2 is 1.96 bits per heavy atom. The first-order valence-electron chi connectivity index (χ1n) is 7.51. The number of ether oxygens (including phenoxy) is 2. The Morgan fingerprint density at radius 1 is 1.19 bits per heavy atom. The second kappa shape index (κ2) is 7.72. The normalized spacial score (nSPS) is 16.8. The fourth-order valence-electron chi connectivity index (χ4n) is 2.30. The highest BCUT2D eigenvalue weighted by Gasteiger charge is 2.25. The van der Waals surface area contributed by atoms with Gasteiger partial charge in [0.05, 0.1) is 19.1 Å². The number of nitrogens with zero attached hydrogens (tertiary/aromatic N) is 1. The van der Waals surface area contributed by atoms with Gasteiger partial charge in [-0.1, -0.05) is 23.7 Å². The molecular formula is C18H15ClN2O4S. The van der Waals surface area contributed by atoms with Gasteiger partial charge >= 0.3 is 0 Å². The Morgan fingerprint density at radius 3 is 2.69 bits per heavy atom. The number of phenols is 1. The van der Waals surface area contributed by atoms with Crippen molar-refractivity contribution in [2.75, 3.05) is 14.2 Å². The number of methoxy groups -OCH3 is 2. The van der Waals surface area contributed by atoms with E-state index < -0.39 is 0 Å². The molecule has 0 unspecified atom stereocenters. The fourth-order valence-corrected chi connectivity index (χ4v) is 3.29. The molecule has 0 bridgehead atoms. The maximum absolute atomic E-state index is 12.2. The summed E-state index contributed by atoms with van der Waals surface area (Å²) >= 11 is 7.16. The Kier molecular flexibility index (Phi) is 5.39. The highest BCUT2D eigenvalue weighted by atomic mass is 35.5. The SMILES string of the molecule is COc1ccc(Cl)cc1N=C1NC(=O)/C(=C/c2cccc(OC)c2O)S1. The van der Waals surface area contributed by atoms with Gasteiger partial charge in [-0.05, 0) is 42.1 Å². The van der Waals surface area contributed by atoms with Gasteiger partial charge < -0.3 is 19.9 Å². The number of hydrogen-bond acceptors (Lipinski definition) is 6. The van der Waals surface area contributed by atoms with Gasteiger partial charge in [-0.3, -0.25) is 4.79 Å². The number of carbonyl (C=O) groups excluding carboxylic acids is 1. The Bertz CT molecular complexity index is 927. The van der Waals surface area contributed by atoms with Crippen molar-refractivity contribution in [1.29, 1.82) is 0 Å². The first-order chi connectivity index (χ1) is 12.5. The van der Waals surface area contributed by atoms with Crippen molar-refractivity contribution in [3.63, 3.8) is 0 Å². The average molecular weight is 391 g/mol. The van der Waals surface area contributed by atoms with Crippen LogP contribution in [0, 0.1) is 0 Å². The van der Waals surface area contributed by atoms with Crippen molar-refractivity contribution < 1.29 is 19.4 Å². The second-order valence-corrected chi connectivity index (χ2v) is 6.66. The van der Waals surface area contributed by atoms with Gasteiger partial charge in [-0.2, -0.15) is 0 Å². The number of thioether (sulfide) groups is 1. The first-order valence-corrected chi connectivity index (χ1v) is 8.70. The Labute approximate surface area is 159 Å². The van der Waals surface area contributed by atoms with Crippen LogP contribution in [0.1, 0.15) is 5.56 Å². The summed E-state index contributed by atoms with van der Waals surface area (Å²) in [5.74, 6) is 0.537. The lowest BCUT2D eigenvalue weighted by molar-refractivity contribution is -0.115. The van der Waals surface area contributed by atoms with Crippen LogP contribution in [0.2, 0.25) is 5.02 Å². The van der Waals surface area contributed by atoms with Crippen LogP contribution in [0.4, 0.5) is 5.69 Å². The molecule has 0 spiro atoms. The van der Waals surface area contributed by atoms with E-state index in [9.17, 15) is 9.90 Å². The molecule has 0 atom stereocenters. The van der Waals surface area contributed by atoms with E-state index in [-0.39, 0.29) is 11.7 Å². The molecule has 26 heavy (non-hydrogen) atoms. The zero-order chi connectivity index (χ0) is 18.7. The third-order valence-electron chi connectivity index (χ3n) is 3.55. The van der Waals surface area contributed by atoms with Gasteiger partial charge in [-0.15, -0.1) is 0 Å². The van der Waals surface area contributed by atoms with Crippen LogP contribution < -0.4 is 14.8 Å². The van der Waals surface area contributed by atoms with Gasteiger partial charge in [-0.25, -0.2) is 4.99 Å². The zero-order valence-corrected chi connectivity index (χ0v) is 15.5. The number of para-hydroxylation sites is 1. The zero-order valence-electron chi connectivity index (χ0n) is 13.9. The minimum atomic E-state index is -0.308. The monoisotopic (exact) mass is 390 g/mol. The first kappa shape index (κ1) is 18.2. The van der Waals surface area contributed by atoms with Crippen molar-refractivity contribution in [3.05, 3.63) is 51.9 Å². The van der Waals surface area contributed by atoms with Crippen molar-refractivity contribution in [2.45, 2.75) is 0 Å². The van der Waals surface area contributed by atoms with Crippen LogP contribution in [0.5, 0.6) is 17.2 Å². The van der Waals surface area contributed by atoms with E-state index in [1.807, 2.05) is 0 Å². The number of phenolic OH excluding ortho intramolecular Hbond substituents is 1. The van der Waals surface area contributed by atoms with Gasteiger partial charge in [0.25, 0.3) is 5.91 Å². The predicted octanol–water partition coefficient (Wildman–Crippen LogP) is 3.95. The number of aromatic hydroxyl groups is 1. The van der Waals surface area contributed by atoms with Gasteiger partial charge in [0.2, 0.25) is 0 Å². The summed E-state index contributed by atoms with van der Waals surface area (Å²) in [5.41, 5.74) is 0.983. The van der Waals surface area contributed by atoms with Crippen molar-refractivity contribution in [2.24, 2.45) is 4.99 Å². The number of amidine groups is 1. The van der Waals surface area contributed by atoms with E-state index in [2.05, 4.69) is 10.3 Å². The molecule has 1 fully saturated rings. The molecule has 3 rings (SSSR count). The highest BCUT2D eigenvalue weighted by molar-refractivity contribution is 8.18. The minimum Gasteiger partial charge on any atom is -0.504 e. The maximum Gasteiger partial charge on any atom is 0.264 e. The summed E-state index contributed by atoms with van der Waals surface area (Å²) in [6, 6.07) is 10.1. The van der Waals surface area contributed by atoms with E-state index in [1.54, 1.807) is 42.5 Å². The summed E-state index contributed by atoms with van der Waals surface area (Å²) in [6.07, 6.45) is 1.58. The molecule has 1 heterocycles. The average Bonchev–Trinajstić information content (AvgIpc) is 2.96. The molecule has 0 radical (unpaired) electrons. The molecular weight excluding hydrogens is 376 g/mol. The van der Waals surface area contributed by atoms with Crippen LogP contribution in [0.3, 0.4) is 0 Å². The molecule has 134 valence electrons. The standard InChI is InChI=1S/C18H15ClN2O4S/c1-24-13-7-6-11(19)9-12(13)20-18-21-17(23)15(26-18)8-10-4-3-5-14(25-2)16(10)22/h3-9,22H,1-2H3,(H,20,21,23)/b15-8-. The van der Waals surface area contributed by atoms with E-state index in [4.69, 9.17) is 21.1 Å². The lowest BCUT2D eigenvalue weighted by Gasteiger charge is -2.05. The van der Waals surface area contributed by atoms with Crippen molar-refractivity contribution in [1.82, 2.24) is 5.32 Å². The van der Waals surface area contributed by atoms with E-state index in [1.165, 1.54) is 14.2 Å². The van der Waals surface area contributed by atoms with Crippen LogP contribution in [0.25, 0.3) is 6.08 Å². The molecule has 6 nitrogen and oxygen atoms in total. The lowest BCUT2D eigenvalue weighted by Crippen LogP contribution is -2.19. The number of benzene rings is 2. The summed E-state index contributed by atoms with van der Waals surface area (Å²) in [6.45, 7) is 0. The molecule has 0 aromatic heterocycles. The molecule has 0 saturated carbocycles. The molecule has 1 saturated heterocycles. The Balaban J connectivity index is 1.91. The quantitative estimate of drug-likeness (QED) is 0.772. The molecule has 0 aliphatic carbocycles. The Hall–Kier alpha value is -2.64. The summed E-state index contributed by atoms with van der Waals surface area (Å²) in [7, 11) is 3.00. The van der Waals surface area contributed by atoms with Gasteiger partial charge in [0.15, 0.2) is 16.7 Å². The number of halogens is 1. The number of aliphatic imine (C=N–C) groups is 1. The number of rotatable bonds is 4. The minimum absolute atomic E-state index is 0.0298. The molecule has 2 aromatic rings. The van der Waals surface area contributed by atoms with Crippen LogP contribution in [0.15, 0.2) is 46.3 Å². The molecule has 2 aromatic carbocycles. The maximum atomic E-state index is 12.2. The smallest absolute Gasteiger partial charge is 0.264 e. The van der Waals surface area contributed by atoms with Crippen LogP contribution in [-0.4, -0.2) is 30.4 Å². The van der Waals surface area contributed by atoms with Gasteiger partial charge in [0.1, 0.15) is 11.4 Å². The second-order valence-electron chi connectivity index (χ2n) is 5.20. The lowest BCUT2D eigenvalue weighted by atomic mass is 10.1. The van der Waals surface area contributed by atoms with Crippen LogP contribution in [-0.2, 0) is 4.79 Å². The van der Waals surface area contributed by atoms with Crippen LogP contribution >= 0.6 is 23.4 Å². The summed E-state index contributed by atoms with van der Waals surface area (Å²) < 4.78 is 10.3. The van der Waals surface area contributed by atoms with Crippen molar-refractivity contribution in [3.8, 4) is 17.2 Å². The number of amides is 1. The number of hydrogen-bond donors (Lipinski definition) is 2. The van der Waals surface area contributed by atoms with Crippen molar-refractivity contribution >= 4 is 46.2 Å². The molecule has 2 N–H and O–H groups in total. The van der Waals surface area contributed by atoms with E-state index in [0.717, 1.165) is 11.8 Å². The summed E-state index contributed by atoms with van der Waals surface area (Å²) in [4.78, 5) is 17.0. The summed E-state index contributed by atoms with van der Waals surface area (Å²) in [5, 5.41) is 13.8. The van der Waals surface area contributed by atoms with Gasteiger partial charge in [0, 0.05) is 10.6 Å². The van der Waals surface area contributed by atoms with E-state index >= 15 is 0 Å². The third kappa shape index (κ3) is 3.79. The van der Waals surface area contributed by atoms with E-state index in [0.29, 0.717) is 37.8 Å². The number of carbonyl (C=O) groups is 1. The number of nitrogens with one attached hydrogen (secondary N) is 1.